The van der Waals surface area contributed by atoms with Crippen LogP contribution < -0.4 is 4.72 Å². The van der Waals surface area contributed by atoms with Gasteiger partial charge in [-0.3, -0.25) is 0 Å². The van der Waals surface area contributed by atoms with E-state index in [9.17, 15) is 8.42 Å². The molecule has 1 aromatic heterocycles. The molecule has 92 valence electrons. The summed E-state index contributed by atoms with van der Waals surface area (Å²) in [6.45, 7) is 5.47. The highest BCUT2D eigenvalue weighted by atomic mass is 32.2. The number of hydrogen-bond donors (Lipinski definition) is 1. The van der Waals surface area contributed by atoms with E-state index in [1.54, 1.807) is 17.5 Å². The van der Waals surface area contributed by atoms with Gasteiger partial charge in [0, 0.05) is 13.2 Å². The number of rotatable bonds is 7. The minimum atomic E-state index is -3.33. The Balaban J connectivity index is 2.28. The molecule has 0 unspecified atom stereocenters. The molecule has 1 N–H and O–H groups in total. The second-order valence-corrected chi connectivity index (χ2v) is 6.74. The lowest BCUT2D eigenvalue weighted by molar-refractivity contribution is 0.114. The predicted molar refractivity (Wildman–Crippen MR) is 65.2 cm³/mol. The lowest BCUT2D eigenvalue weighted by Crippen LogP contribution is -2.27. The number of sulfonamides is 1. The molecule has 0 bridgehead atoms. The molecule has 1 heterocycles. The Morgan fingerprint density at radius 2 is 2.25 bits per heavy atom. The van der Waals surface area contributed by atoms with Gasteiger partial charge in [-0.1, -0.05) is 19.9 Å². The Kier molecular flexibility index (Phi) is 5.40. The highest BCUT2D eigenvalue weighted by Crippen LogP contribution is 2.14. The van der Waals surface area contributed by atoms with E-state index in [-0.39, 0.29) is 0 Å². The fourth-order valence-electron chi connectivity index (χ4n) is 1.05. The molecule has 0 aliphatic rings. The van der Waals surface area contributed by atoms with Crippen molar-refractivity contribution < 1.29 is 13.2 Å². The first-order chi connectivity index (χ1) is 7.52. The zero-order valence-corrected chi connectivity index (χ0v) is 11.1. The van der Waals surface area contributed by atoms with Gasteiger partial charge in [0.2, 0.25) is 10.0 Å². The van der Waals surface area contributed by atoms with Crippen LogP contribution in [0.25, 0.3) is 0 Å². The molecule has 0 saturated carbocycles. The smallest absolute Gasteiger partial charge is 0.250 e. The summed E-state index contributed by atoms with van der Waals surface area (Å²) in [5, 5.41) is 1.74. The summed E-state index contributed by atoms with van der Waals surface area (Å²) in [5.41, 5.74) is 0. The van der Waals surface area contributed by atoms with Crippen LogP contribution in [0.2, 0.25) is 0 Å². The van der Waals surface area contributed by atoms with Crippen LogP contribution in [0.4, 0.5) is 0 Å². The van der Waals surface area contributed by atoms with E-state index in [1.807, 2.05) is 0 Å². The Morgan fingerprint density at radius 3 is 2.81 bits per heavy atom. The van der Waals surface area contributed by atoms with Gasteiger partial charge in [0.25, 0.3) is 0 Å². The van der Waals surface area contributed by atoms with E-state index in [4.69, 9.17) is 4.74 Å². The average molecular weight is 263 g/mol. The second kappa shape index (κ2) is 6.34. The number of hydrogen-bond acceptors (Lipinski definition) is 4. The molecule has 6 heteroatoms. The maximum atomic E-state index is 11.6. The molecule has 0 radical (unpaired) electrons. The van der Waals surface area contributed by atoms with Crippen LogP contribution in [0.3, 0.4) is 0 Å². The maximum Gasteiger partial charge on any atom is 0.250 e. The van der Waals surface area contributed by atoms with E-state index in [2.05, 4.69) is 18.6 Å². The lowest BCUT2D eigenvalue weighted by atomic mass is 10.2. The largest absolute Gasteiger partial charge is 0.380 e. The Morgan fingerprint density at radius 1 is 1.50 bits per heavy atom. The van der Waals surface area contributed by atoms with Gasteiger partial charge in [-0.15, -0.1) is 11.3 Å². The van der Waals surface area contributed by atoms with Crippen LogP contribution in [-0.4, -0.2) is 28.2 Å². The molecular formula is C10H17NO3S2. The first-order valence-electron chi connectivity index (χ1n) is 5.13. The Bertz CT molecular complexity index is 384. The van der Waals surface area contributed by atoms with Crippen molar-refractivity contribution in [2.24, 2.45) is 5.92 Å². The summed E-state index contributed by atoms with van der Waals surface area (Å²) < 4.78 is 31.4. The summed E-state index contributed by atoms with van der Waals surface area (Å²) in [6, 6.07) is 3.30. The lowest BCUT2D eigenvalue weighted by Gasteiger charge is -2.07. The number of nitrogens with one attached hydrogen (secondary N) is 1. The first-order valence-corrected chi connectivity index (χ1v) is 7.49. The Labute approximate surface area is 101 Å². The molecule has 0 spiro atoms. The van der Waals surface area contributed by atoms with Gasteiger partial charge in [0.1, 0.15) is 4.21 Å². The van der Waals surface area contributed by atoms with Crippen molar-refractivity contribution in [1.82, 2.24) is 4.72 Å². The SMILES string of the molecule is CC(C)COCCNS(=O)(=O)c1cccs1. The van der Waals surface area contributed by atoms with E-state index < -0.39 is 10.0 Å². The molecule has 0 fully saturated rings. The highest BCUT2D eigenvalue weighted by molar-refractivity contribution is 7.91. The van der Waals surface area contributed by atoms with Crippen LogP contribution in [0.1, 0.15) is 13.8 Å². The van der Waals surface area contributed by atoms with Crippen molar-refractivity contribution in [3.8, 4) is 0 Å². The molecule has 0 aliphatic heterocycles. The van der Waals surface area contributed by atoms with Gasteiger partial charge in [0.05, 0.1) is 6.61 Å². The normalized spacial score (nSPS) is 12.2. The molecule has 0 aliphatic carbocycles. The molecule has 0 saturated heterocycles. The van der Waals surface area contributed by atoms with E-state index in [0.29, 0.717) is 29.9 Å². The third-order valence-corrected chi connectivity index (χ3v) is 4.61. The van der Waals surface area contributed by atoms with Crippen molar-refractivity contribution in [3.63, 3.8) is 0 Å². The van der Waals surface area contributed by atoms with Crippen LogP contribution >= 0.6 is 11.3 Å². The number of thiophene rings is 1. The third kappa shape index (κ3) is 4.61. The first kappa shape index (κ1) is 13.6. The van der Waals surface area contributed by atoms with Gasteiger partial charge in [0.15, 0.2) is 0 Å². The van der Waals surface area contributed by atoms with Crippen molar-refractivity contribution in [2.45, 2.75) is 18.1 Å². The molecule has 0 aromatic carbocycles. The molecule has 1 rings (SSSR count). The maximum absolute atomic E-state index is 11.6. The highest BCUT2D eigenvalue weighted by Gasteiger charge is 2.13. The van der Waals surface area contributed by atoms with Crippen LogP contribution in [0, 0.1) is 5.92 Å². The van der Waals surface area contributed by atoms with Gasteiger partial charge in [-0.25, -0.2) is 13.1 Å². The van der Waals surface area contributed by atoms with Crippen molar-refractivity contribution in [1.29, 1.82) is 0 Å². The quantitative estimate of drug-likeness (QED) is 0.762. The molecule has 0 atom stereocenters. The molecule has 16 heavy (non-hydrogen) atoms. The summed E-state index contributed by atoms with van der Waals surface area (Å²) in [4.78, 5) is 0. The van der Waals surface area contributed by atoms with Gasteiger partial charge < -0.3 is 4.74 Å². The zero-order valence-electron chi connectivity index (χ0n) is 9.47. The van der Waals surface area contributed by atoms with Crippen molar-refractivity contribution in [3.05, 3.63) is 17.5 Å². The van der Waals surface area contributed by atoms with E-state index >= 15 is 0 Å². The van der Waals surface area contributed by atoms with Gasteiger partial charge in [-0.05, 0) is 17.4 Å². The standard InChI is InChI=1S/C10H17NO3S2/c1-9(2)8-14-6-5-11-16(12,13)10-4-3-7-15-10/h3-4,7,9,11H,5-6,8H2,1-2H3. The van der Waals surface area contributed by atoms with Crippen molar-refractivity contribution >= 4 is 21.4 Å². The topological polar surface area (TPSA) is 55.4 Å². The molecular weight excluding hydrogens is 246 g/mol. The molecule has 1 aromatic rings. The average Bonchev–Trinajstić information content (AvgIpc) is 2.69. The fourth-order valence-corrected chi connectivity index (χ4v) is 3.11. The summed E-state index contributed by atoms with van der Waals surface area (Å²) in [7, 11) is -3.33. The van der Waals surface area contributed by atoms with E-state index in [0.717, 1.165) is 0 Å². The summed E-state index contributed by atoms with van der Waals surface area (Å²) >= 11 is 1.21. The number of ether oxygens (including phenoxy) is 1. The minimum Gasteiger partial charge on any atom is -0.380 e. The fraction of sp³-hybridized carbons (Fsp3) is 0.600. The van der Waals surface area contributed by atoms with Crippen LogP contribution in [-0.2, 0) is 14.8 Å². The zero-order chi connectivity index (χ0) is 12.0. The van der Waals surface area contributed by atoms with Gasteiger partial charge in [-0.2, -0.15) is 0 Å². The van der Waals surface area contributed by atoms with Crippen LogP contribution in [0.5, 0.6) is 0 Å². The van der Waals surface area contributed by atoms with E-state index in [1.165, 1.54) is 11.3 Å². The van der Waals surface area contributed by atoms with Crippen LogP contribution in [0.15, 0.2) is 21.7 Å². The third-order valence-electron chi connectivity index (χ3n) is 1.75. The predicted octanol–water partition coefficient (Wildman–Crippen LogP) is 1.70. The summed E-state index contributed by atoms with van der Waals surface area (Å²) in [6.07, 6.45) is 0. The second-order valence-electron chi connectivity index (χ2n) is 3.80. The van der Waals surface area contributed by atoms with Gasteiger partial charge >= 0.3 is 0 Å². The monoisotopic (exact) mass is 263 g/mol. The van der Waals surface area contributed by atoms with Crippen molar-refractivity contribution in [2.75, 3.05) is 19.8 Å². The Hall–Kier alpha value is -0.430. The minimum absolute atomic E-state index is 0.312. The summed E-state index contributed by atoms with van der Waals surface area (Å²) in [5.74, 6) is 0.467. The molecule has 0 amide bonds. The molecule has 4 nitrogen and oxygen atoms in total.